The van der Waals surface area contributed by atoms with Crippen LogP contribution >= 0.6 is 0 Å². The van der Waals surface area contributed by atoms with Crippen LogP contribution in [0.5, 0.6) is 6.01 Å². The van der Waals surface area contributed by atoms with E-state index in [2.05, 4.69) is 15.7 Å². The van der Waals surface area contributed by atoms with Crippen LogP contribution < -0.4 is 9.64 Å². The molecule has 10 nitrogen and oxygen atoms in total. The number of carbonyl (C=O) groups is 1. The quantitative estimate of drug-likeness (QED) is 0.135. The van der Waals surface area contributed by atoms with Gasteiger partial charge >= 0.3 is 18.3 Å². The van der Waals surface area contributed by atoms with Crippen molar-refractivity contribution in [1.82, 2.24) is 24.8 Å². The van der Waals surface area contributed by atoms with Gasteiger partial charge in [-0.3, -0.25) is 9.80 Å². The van der Waals surface area contributed by atoms with Crippen molar-refractivity contribution in [3.8, 4) is 29.6 Å². The summed E-state index contributed by atoms with van der Waals surface area (Å²) in [4.78, 5) is 34.7. The topological polar surface area (TPSA) is 93.2 Å². The van der Waals surface area contributed by atoms with Gasteiger partial charge in [-0.25, -0.2) is 18.6 Å². The van der Waals surface area contributed by atoms with Crippen molar-refractivity contribution in [2.24, 2.45) is 0 Å². The van der Waals surface area contributed by atoms with Crippen molar-refractivity contribution in [1.29, 1.82) is 0 Å². The van der Waals surface area contributed by atoms with Crippen LogP contribution in [0.2, 0.25) is 0 Å². The van der Waals surface area contributed by atoms with E-state index in [1.54, 1.807) is 24.3 Å². The van der Waals surface area contributed by atoms with Crippen molar-refractivity contribution in [2.75, 3.05) is 37.8 Å². The Labute approximate surface area is 339 Å². The van der Waals surface area contributed by atoms with Gasteiger partial charge in [-0.05, 0) is 96.6 Å². The van der Waals surface area contributed by atoms with Crippen LogP contribution in [0.15, 0.2) is 30.3 Å². The zero-order chi connectivity index (χ0) is 41.4. The first-order valence-electron chi connectivity index (χ1n) is 20.5. The largest absolute Gasteiger partial charge is 0.461 e. The molecule has 312 valence electrons. The number of ether oxygens (including phenoxy) is 3. The van der Waals surface area contributed by atoms with Crippen molar-refractivity contribution in [2.45, 2.75) is 120 Å². The standard InChI is InChI=1S/C44H47F5N6O4/c1-5-28-30(45)15-13-25-9-6-10-29(34(25)28)37-36(46)38-35-31(50-37)11-7-12-32-33-16-14-26(55(33)41(56)59-42(2,3)4)21-53(32)39(35)52-40(51-38)58-23-43-18-8-20-54(43)27(17-19-43)22-57-24-44(47,48)49/h1,6,9-10,13,15,26-27,32-33H,7-8,11-12,14,16-24H2,2-4H3/t26-,27+,32-,33+,43+/m1/s1. The molecule has 2 aromatic heterocycles. The van der Waals surface area contributed by atoms with Crippen LogP contribution in [0.3, 0.4) is 0 Å². The lowest BCUT2D eigenvalue weighted by Gasteiger charge is -2.48. The molecule has 59 heavy (non-hydrogen) atoms. The number of piperazine rings is 1. The van der Waals surface area contributed by atoms with Crippen LogP contribution in [-0.2, 0) is 15.9 Å². The van der Waals surface area contributed by atoms with E-state index in [-0.39, 0.29) is 66.3 Å². The summed E-state index contributed by atoms with van der Waals surface area (Å²) >= 11 is 0. The van der Waals surface area contributed by atoms with Crippen molar-refractivity contribution in [3.63, 3.8) is 0 Å². The van der Waals surface area contributed by atoms with Gasteiger partial charge in [0.2, 0.25) is 0 Å². The molecule has 1 amide bonds. The molecule has 0 unspecified atom stereocenters. The molecule has 9 rings (SSSR count). The second kappa shape index (κ2) is 14.7. The summed E-state index contributed by atoms with van der Waals surface area (Å²) in [6, 6.07) is 7.40. The number of pyridine rings is 1. The van der Waals surface area contributed by atoms with Crippen LogP contribution in [0.25, 0.3) is 32.9 Å². The Morgan fingerprint density at radius 1 is 0.983 bits per heavy atom. The number of alkyl halides is 3. The maximum absolute atomic E-state index is 17.5. The van der Waals surface area contributed by atoms with E-state index < -0.39 is 35.6 Å². The second-order valence-electron chi connectivity index (χ2n) is 17.7. The molecular formula is C44H47F5N6O4. The summed E-state index contributed by atoms with van der Waals surface area (Å²) in [5, 5.41) is 1.46. The van der Waals surface area contributed by atoms with Crippen LogP contribution in [-0.4, -0.2) is 105 Å². The molecule has 5 aliphatic heterocycles. The molecule has 4 fully saturated rings. The fraction of sp³-hybridized carbons (Fsp3) is 0.545. The number of anilines is 1. The molecule has 5 aliphatic rings. The van der Waals surface area contributed by atoms with Gasteiger partial charge < -0.3 is 19.1 Å². The third-order valence-electron chi connectivity index (χ3n) is 12.9. The summed E-state index contributed by atoms with van der Waals surface area (Å²) in [6.07, 6.45) is 7.40. The van der Waals surface area contributed by atoms with Gasteiger partial charge in [-0.2, -0.15) is 23.1 Å². The maximum atomic E-state index is 17.5. The minimum absolute atomic E-state index is 0.00820. The highest BCUT2D eigenvalue weighted by atomic mass is 19.4. The molecule has 7 heterocycles. The summed E-state index contributed by atoms with van der Waals surface area (Å²) in [7, 11) is 0. The van der Waals surface area contributed by atoms with Gasteiger partial charge in [0.05, 0.1) is 46.9 Å². The number of fused-ring (bicyclic) bond motifs is 7. The lowest BCUT2D eigenvalue weighted by Crippen LogP contribution is -2.62. The number of nitrogens with zero attached hydrogens (tertiary/aromatic N) is 6. The van der Waals surface area contributed by atoms with Crippen LogP contribution in [0, 0.1) is 24.0 Å². The number of carbonyl (C=O) groups excluding carboxylic acids is 1. The molecule has 4 saturated heterocycles. The Hall–Kier alpha value is -4.81. The number of aromatic nitrogens is 3. The van der Waals surface area contributed by atoms with E-state index in [9.17, 15) is 18.0 Å². The average Bonchev–Trinajstić information content (AvgIpc) is 3.85. The predicted octanol–water partition coefficient (Wildman–Crippen LogP) is 8.35. The predicted molar refractivity (Wildman–Crippen MR) is 211 cm³/mol. The minimum Gasteiger partial charge on any atom is -0.461 e. The molecule has 0 radical (unpaired) electrons. The number of terminal acetylenes is 1. The highest BCUT2D eigenvalue weighted by molar-refractivity contribution is 6.02. The fourth-order valence-electron chi connectivity index (χ4n) is 10.5. The lowest BCUT2D eigenvalue weighted by molar-refractivity contribution is -0.177. The first-order chi connectivity index (χ1) is 28.1. The summed E-state index contributed by atoms with van der Waals surface area (Å²) < 4.78 is 88.9. The molecule has 15 heteroatoms. The van der Waals surface area contributed by atoms with Gasteiger partial charge in [0.25, 0.3) is 0 Å². The first kappa shape index (κ1) is 39.6. The van der Waals surface area contributed by atoms with E-state index in [0.717, 1.165) is 25.7 Å². The number of benzene rings is 2. The fourth-order valence-corrected chi connectivity index (χ4v) is 10.5. The third kappa shape index (κ3) is 7.09. The molecule has 4 aromatic rings. The number of halogens is 5. The van der Waals surface area contributed by atoms with Crippen LogP contribution in [0.1, 0.15) is 83.4 Å². The maximum Gasteiger partial charge on any atom is 0.411 e. The number of hydrogen-bond acceptors (Lipinski definition) is 9. The van der Waals surface area contributed by atoms with Crippen molar-refractivity contribution < 1.29 is 41.0 Å². The van der Waals surface area contributed by atoms with Crippen molar-refractivity contribution in [3.05, 3.63) is 53.2 Å². The Morgan fingerprint density at radius 2 is 1.81 bits per heavy atom. The Kier molecular flexibility index (Phi) is 9.89. The van der Waals surface area contributed by atoms with Gasteiger partial charge in [-0.1, -0.05) is 30.2 Å². The minimum atomic E-state index is -4.41. The van der Waals surface area contributed by atoms with Crippen molar-refractivity contribution >= 4 is 33.6 Å². The third-order valence-corrected chi connectivity index (χ3v) is 12.9. The van der Waals surface area contributed by atoms with E-state index in [1.165, 1.54) is 6.07 Å². The monoisotopic (exact) mass is 818 g/mol. The zero-order valence-corrected chi connectivity index (χ0v) is 33.4. The molecule has 0 N–H and O–H groups in total. The number of rotatable bonds is 7. The Balaban J connectivity index is 1.14. The SMILES string of the molecule is C#Cc1c(F)ccc2cccc(-c3nc4c5c(nc(OC[C@@]67CCCN6[C@H](COCC(F)(F)F)CC7)nc5c3F)N3C[C@H]5CC[C@@H]([C@H]3CCC4)N5C(=O)OC(C)(C)C)c12. The second-order valence-corrected chi connectivity index (χ2v) is 17.7. The normalized spacial score (nSPS) is 25.5. The molecule has 0 spiro atoms. The molecule has 0 saturated carbocycles. The lowest BCUT2D eigenvalue weighted by atomic mass is 9.92. The summed E-state index contributed by atoms with van der Waals surface area (Å²) in [5.74, 6) is 1.60. The zero-order valence-electron chi connectivity index (χ0n) is 33.4. The van der Waals surface area contributed by atoms with E-state index in [1.807, 2.05) is 25.7 Å². The molecular weight excluding hydrogens is 772 g/mol. The molecule has 2 aromatic carbocycles. The number of aryl methyl sites for hydroxylation is 1. The first-order valence-corrected chi connectivity index (χ1v) is 20.5. The Bertz CT molecular complexity index is 2360. The van der Waals surface area contributed by atoms with Gasteiger partial charge in [0.15, 0.2) is 5.82 Å². The summed E-state index contributed by atoms with van der Waals surface area (Å²) in [6.45, 7) is 5.49. The van der Waals surface area contributed by atoms with Gasteiger partial charge in [0.1, 0.15) is 41.7 Å². The number of amides is 1. The van der Waals surface area contributed by atoms with E-state index in [0.29, 0.717) is 78.4 Å². The molecule has 2 bridgehead atoms. The van der Waals surface area contributed by atoms with Crippen LogP contribution in [0.4, 0.5) is 32.6 Å². The Morgan fingerprint density at radius 3 is 2.59 bits per heavy atom. The average molecular weight is 819 g/mol. The molecule has 5 atom stereocenters. The van der Waals surface area contributed by atoms with Gasteiger partial charge in [0, 0.05) is 23.5 Å². The van der Waals surface area contributed by atoms with Gasteiger partial charge in [-0.15, -0.1) is 6.42 Å². The number of hydrogen-bond donors (Lipinski definition) is 0. The summed E-state index contributed by atoms with van der Waals surface area (Å²) in [5.41, 5.74) is -0.207. The smallest absolute Gasteiger partial charge is 0.411 e. The molecule has 0 aliphatic carbocycles. The highest BCUT2D eigenvalue weighted by Crippen LogP contribution is 2.46. The van der Waals surface area contributed by atoms with E-state index in [4.69, 9.17) is 35.6 Å². The van der Waals surface area contributed by atoms with E-state index >= 15 is 8.78 Å². The highest BCUT2D eigenvalue weighted by Gasteiger charge is 2.52.